The quantitative estimate of drug-likeness (QED) is 0.282. The van der Waals surface area contributed by atoms with Gasteiger partial charge in [-0.25, -0.2) is 0 Å². The fourth-order valence-electron chi connectivity index (χ4n) is 1.13. The van der Waals surface area contributed by atoms with Crippen molar-refractivity contribution < 1.29 is 19.1 Å². The summed E-state index contributed by atoms with van der Waals surface area (Å²) in [4.78, 5) is 24.8. The molecule has 0 rings (SSSR count). The molecule has 0 aliphatic rings. The minimum atomic E-state index is -0.347. The van der Waals surface area contributed by atoms with E-state index in [0.29, 0.717) is 6.42 Å². The Hall–Kier alpha value is -1.48. The van der Waals surface area contributed by atoms with Crippen molar-refractivity contribution >= 4 is 18.0 Å². The monoisotopic (exact) mass is 198 g/mol. The summed E-state index contributed by atoms with van der Waals surface area (Å²) in [5.74, 6) is -1.32. The molecule has 0 amide bonds. The molecular weight excluding hydrogens is 184 g/mol. The predicted molar refractivity (Wildman–Crippen MR) is 49.7 cm³/mol. The van der Waals surface area contributed by atoms with Gasteiger partial charge in [0.15, 0.2) is 0 Å². The molecule has 0 aliphatic heterocycles. The average molecular weight is 198 g/mol. The number of ketones is 1. The molecule has 5 nitrogen and oxygen atoms in total. The number of carbonyl (C=O) groups excluding carboxylic acids is 2. The molecule has 0 aromatic heterocycles. The van der Waals surface area contributed by atoms with Crippen molar-refractivity contribution in [3.8, 4) is 0 Å². The van der Waals surface area contributed by atoms with Crippen molar-refractivity contribution in [1.82, 2.24) is 0 Å². The van der Waals surface area contributed by atoms with E-state index in [4.69, 9.17) is 5.53 Å². The van der Waals surface area contributed by atoms with Crippen LogP contribution in [-0.4, -0.2) is 29.9 Å². The van der Waals surface area contributed by atoms with Crippen molar-refractivity contribution in [3.05, 3.63) is 5.53 Å². The average Bonchev–Trinajstić information content (AvgIpc) is 2.16. The maximum Gasteiger partial charge on any atom is 0.323 e. The largest absolute Gasteiger partial charge is 0.469 e. The Kier molecular flexibility index (Phi) is 5.41. The van der Waals surface area contributed by atoms with Crippen molar-refractivity contribution in [2.24, 2.45) is 11.8 Å². The second-order valence-corrected chi connectivity index (χ2v) is 3.21. The van der Waals surface area contributed by atoms with Gasteiger partial charge in [0.2, 0.25) is 5.78 Å². The molecule has 0 saturated carbocycles. The van der Waals surface area contributed by atoms with E-state index in [2.05, 4.69) is 9.53 Å². The molecule has 0 aromatic rings. The maximum absolute atomic E-state index is 11.1. The van der Waals surface area contributed by atoms with E-state index < -0.39 is 0 Å². The first kappa shape index (κ1) is 12.5. The lowest BCUT2D eigenvalue weighted by Gasteiger charge is -2.11. The molecule has 0 fully saturated rings. The third-order valence-electron chi connectivity index (χ3n) is 1.98. The van der Waals surface area contributed by atoms with Crippen LogP contribution in [0.25, 0.3) is 5.53 Å². The number of ether oxygens (including phenoxy) is 1. The minimum Gasteiger partial charge on any atom is -0.469 e. The second kappa shape index (κ2) is 6.05. The van der Waals surface area contributed by atoms with E-state index in [0.717, 1.165) is 6.21 Å². The lowest BCUT2D eigenvalue weighted by atomic mass is 9.94. The number of nitrogens with zero attached hydrogens (tertiary/aromatic N) is 2. The number of rotatable bonds is 5. The molecule has 0 radical (unpaired) electrons. The zero-order valence-electron chi connectivity index (χ0n) is 8.56. The van der Waals surface area contributed by atoms with Crippen LogP contribution in [0.3, 0.4) is 0 Å². The third kappa shape index (κ3) is 3.96. The molecule has 0 N–H and O–H groups in total. The number of hydrogen-bond acceptors (Lipinski definition) is 3. The maximum atomic E-state index is 11.1. The van der Waals surface area contributed by atoms with Gasteiger partial charge in [-0.3, -0.25) is 9.59 Å². The molecule has 0 saturated heterocycles. The topological polar surface area (TPSA) is 79.8 Å². The predicted octanol–water partition coefficient (Wildman–Crippen LogP) is 0.691. The highest BCUT2D eigenvalue weighted by atomic mass is 16.5. The van der Waals surface area contributed by atoms with Crippen molar-refractivity contribution in [1.29, 1.82) is 0 Å². The standard InChI is InChI=1S/C9H14N2O3/c1-6(8(12)5-11-10)4-7(2)9(13)14-3/h5-7H,4H2,1-3H3/t6-,7+/m0/s1. The van der Waals surface area contributed by atoms with Crippen LogP contribution in [0.4, 0.5) is 0 Å². The third-order valence-corrected chi connectivity index (χ3v) is 1.98. The van der Waals surface area contributed by atoms with E-state index in [9.17, 15) is 9.59 Å². The first-order valence-corrected chi connectivity index (χ1v) is 4.32. The van der Waals surface area contributed by atoms with Crippen molar-refractivity contribution in [2.45, 2.75) is 20.3 Å². The van der Waals surface area contributed by atoms with Gasteiger partial charge in [-0.2, -0.15) is 4.79 Å². The van der Waals surface area contributed by atoms with Crippen LogP contribution in [0.1, 0.15) is 20.3 Å². The van der Waals surface area contributed by atoms with Gasteiger partial charge in [-0.1, -0.05) is 13.8 Å². The van der Waals surface area contributed by atoms with E-state index in [1.807, 2.05) is 0 Å². The van der Waals surface area contributed by atoms with E-state index >= 15 is 0 Å². The molecule has 0 aromatic carbocycles. The zero-order chi connectivity index (χ0) is 11.1. The summed E-state index contributed by atoms with van der Waals surface area (Å²) in [5, 5.41) is 0. The smallest absolute Gasteiger partial charge is 0.323 e. The SMILES string of the molecule is COC(=O)[C@H](C)C[C@H](C)C(=O)C=[N+]=[N-]. The van der Waals surface area contributed by atoms with Crippen molar-refractivity contribution in [3.63, 3.8) is 0 Å². The lowest BCUT2D eigenvalue weighted by Crippen LogP contribution is -2.21. The van der Waals surface area contributed by atoms with Crippen LogP contribution in [0, 0.1) is 11.8 Å². The Balaban J connectivity index is 4.18. The highest BCUT2D eigenvalue weighted by molar-refractivity contribution is 6.26. The minimum absolute atomic E-state index is 0.303. The van der Waals surface area contributed by atoms with Crippen molar-refractivity contribution in [2.75, 3.05) is 7.11 Å². The highest BCUT2D eigenvalue weighted by Gasteiger charge is 2.21. The normalized spacial score (nSPS) is 13.6. The van der Waals surface area contributed by atoms with Gasteiger partial charge in [0.05, 0.1) is 13.0 Å². The van der Waals surface area contributed by atoms with Crippen LogP contribution in [0.5, 0.6) is 0 Å². The van der Waals surface area contributed by atoms with Gasteiger partial charge >= 0.3 is 12.2 Å². The van der Waals surface area contributed by atoms with E-state index in [1.54, 1.807) is 13.8 Å². The molecule has 0 bridgehead atoms. The molecular formula is C9H14N2O3. The van der Waals surface area contributed by atoms with E-state index in [-0.39, 0.29) is 23.6 Å². The van der Waals surface area contributed by atoms with Crippen LogP contribution in [-0.2, 0) is 14.3 Å². The summed E-state index contributed by atoms with van der Waals surface area (Å²) >= 11 is 0. The fraction of sp³-hybridized carbons (Fsp3) is 0.667. The molecule has 78 valence electrons. The summed E-state index contributed by atoms with van der Waals surface area (Å²) in [6, 6.07) is 0. The zero-order valence-corrected chi connectivity index (χ0v) is 8.56. The molecule has 0 unspecified atom stereocenters. The van der Waals surface area contributed by atoms with Crippen LogP contribution in [0.2, 0.25) is 0 Å². The summed E-state index contributed by atoms with van der Waals surface area (Å²) in [5.41, 5.74) is 8.13. The Morgan fingerprint density at radius 1 is 1.43 bits per heavy atom. The number of Topliss-reactive ketones (excluding diaryl/α,β-unsaturated/α-hetero) is 1. The van der Waals surface area contributed by atoms with Gasteiger partial charge in [0, 0.05) is 5.92 Å². The number of hydrogen-bond donors (Lipinski definition) is 0. The Labute approximate surface area is 82.7 Å². The molecule has 0 heterocycles. The number of methoxy groups -OCH3 is 1. The van der Waals surface area contributed by atoms with Crippen LogP contribution in [0.15, 0.2) is 0 Å². The van der Waals surface area contributed by atoms with Gasteiger partial charge < -0.3 is 10.3 Å². The Morgan fingerprint density at radius 3 is 2.43 bits per heavy atom. The fourth-order valence-corrected chi connectivity index (χ4v) is 1.13. The van der Waals surface area contributed by atoms with Crippen LogP contribution < -0.4 is 0 Å². The molecule has 0 aliphatic carbocycles. The Bertz CT molecular complexity index is 269. The van der Waals surface area contributed by atoms with Gasteiger partial charge in [0.1, 0.15) is 0 Å². The molecule has 14 heavy (non-hydrogen) atoms. The van der Waals surface area contributed by atoms with Gasteiger partial charge in [-0.05, 0) is 6.42 Å². The number of carbonyl (C=O) groups is 2. The molecule has 5 heteroatoms. The second-order valence-electron chi connectivity index (χ2n) is 3.21. The summed E-state index contributed by atoms with van der Waals surface area (Å²) < 4.78 is 4.52. The summed E-state index contributed by atoms with van der Waals surface area (Å²) in [7, 11) is 1.31. The van der Waals surface area contributed by atoms with Gasteiger partial charge in [0.25, 0.3) is 0 Å². The van der Waals surface area contributed by atoms with Crippen LogP contribution >= 0.6 is 0 Å². The Morgan fingerprint density at radius 2 is 2.00 bits per heavy atom. The summed E-state index contributed by atoms with van der Waals surface area (Å²) in [6.45, 7) is 3.36. The number of esters is 1. The first-order chi connectivity index (χ1) is 6.52. The highest BCUT2D eigenvalue weighted by Crippen LogP contribution is 2.13. The summed E-state index contributed by atoms with van der Waals surface area (Å²) in [6.07, 6.45) is 1.23. The van der Waals surface area contributed by atoms with Gasteiger partial charge in [-0.15, -0.1) is 0 Å². The molecule has 2 atom stereocenters. The van der Waals surface area contributed by atoms with E-state index in [1.165, 1.54) is 7.11 Å². The molecule has 0 spiro atoms. The lowest BCUT2D eigenvalue weighted by molar-refractivity contribution is -0.145. The first-order valence-electron chi connectivity index (χ1n) is 4.32.